The molecule has 9 heteroatoms. The molecule has 4 aromatic rings. The van der Waals surface area contributed by atoms with Gasteiger partial charge in [-0.15, -0.1) is 0 Å². The van der Waals surface area contributed by atoms with Crippen LogP contribution in [0.2, 0.25) is 0 Å². The zero-order chi connectivity index (χ0) is 21.6. The van der Waals surface area contributed by atoms with Gasteiger partial charge in [0.1, 0.15) is 17.2 Å². The zero-order valence-electron chi connectivity index (χ0n) is 16.3. The number of hydrogen-bond donors (Lipinski definition) is 3. The summed E-state index contributed by atoms with van der Waals surface area (Å²) in [5.74, 6) is 5.83. The number of imidazole rings is 1. The van der Waals surface area contributed by atoms with Gasteiger partial charge in [-0.25, -0.2) is 19.3 Å². The lowest BCUT2D eigenvalue weighted by Gasteiger charge is -2.30. The number of nitrogens with two attached hydrogens (primary N) is 1. The minimum absolute atomic E-state index is 0.107. The van der Waals surface area contributed by atoms with Gasteiger partial charge in [-0.3, -0.25) is 9.36 Å². The number of H-pyrrole nitrogens is 1. The minimum Gasteiger partial charge on any atom is -0.382 e. The van der Waals surface area contributed by atoms with Gasteiger partial charge in [0.25, 0.3) is 0 Å². The number of rotatable bonds is 2. The van der Waals surface area contributed by atoms with E-state index in [0.717, 1.165) is 6.42 Å². The number of halogens is 1. The summed E-state index contributed by atoms with van der Waals surface area (Å²) in [4.78, 5) is 27.4. The Morgan fingerprint density at radius 3 is 2.71 bits per heavy atom. The van der Waals surface area contributed by atoms with Gasteiger partial charge in [-0.2, -0.15) is 0 Å². The monoisotopic (exact) mass is 416 g/mol. The van der Waals surface area contributed by atoms with E-state index in [1.165, 1.54) is 24.4 Å². The molecule has 1 aromatic carbocycles. The van der Waals surface area contributed by atoms with Crippen LogP contribution in [-0.2, 0) is 0 Å². The van der Waals surface area contributed by atoms with Gasteiger partial charge in [-0.1, -0.05) is 18.1 Å². The maximum atomic E-state index is 13.9. The molecular weight excluding hydrogens is 399 g/mol. The first kappa shape index (κ1) is 19.0. The Morgan fingerprint density at radius 2 is 2.03 bits per heavy atom. The maximum Gasteiger partial charge on any atom is 0.248 e. The first-order valence-electron chi connectivity index (χ1n) is 9.68. The molecule has 0 amide bonds. The molecule has 8 nitrogen and oxygen atoms in total. The first-order chi connectivity index (χ1) is 14.9. The standard InChI is InChI=1S/C22H17FN6O2/c23-14-4-1-3-13(11-14)20-28-18-19(24)26-16(7-10-22(31)8-2-9-22)27-21(18)29(20)15-5-6-17(30)25-12-15/h1,3-6,11-12,31H,2,8-9H2,(H,25,30)(H2,24,26,27). The van der Waals surface area contributed by atoms with Crippen LogP contribution in [0, 0.1) is 17.7 Å². The molecule has 0 atom stereocenters. The zero-order valence-corrected chi connectivity index (χ0v) is 16.3. The van der Waals surface area contributed by atoms with Gasteiger partial charge in [0.05, 0.1) is 5.69 Å². The van der Waals surface area contributed by atoms with E-state index >= 15 is 0 Å². The molecule has 3 heterocycles. The molecule has 0 radical (unpaired) electrons. The summed E-state index contributed by atoms with van der Waals surface area (Å²) < 4.78 is 15.6. The van der Waals surface area contributed by atoms with Crippen LogP contribution in [0.3, 0.4) is 0 Å². The van der Waals surface area contributed by atoms with Gasteiger partial charge >= 0.3 is 0 Å². The first-order valence-corrected chi connectivity index (χ1v) is 9.68. The quantitative estimate of drug-likeness (QED) is 0.431. The molecule has 5 rings (SSSR count). The minimum atomic E-state index is -1.01. The number of nitrogens with zero attached hydrogens (tertiary/aromatic N) is 4. The highest BCUT2D eigenvalue weighted by Gasteiger charge is 2.32. The summed E-state index contributed by atoms with van der Waals surface area (Å²) >= 11 is 0. The number of benzene rings is 1. The lowest BCUT2D eigenvalue weighted by molar-refractivity contribution is 0.0239. The van der Waals surface area contributed by atoms with Crippen molar-refractivity contribution in [3.05, 3.63) is 64.6 Å². The third-order valence-electron chi connectivity index (χ3n) is 5.23. The van der Waals surface area contributed by atoms with E-state index in [-0.39, 0.29) is 17.2 Å². The molecule has 1 aliphatic carbocycles. The number of aromatic amines is 1. The maximum absolute atomic E-state index is 13.9. The molecule has 1 fully saturated rings. The average molecular weight is 416 g/mol. The Hall–Kier alpha value is -4.03. The van der Waals surface area contributed by atoms with Crippen molar-refractivity contribution in [1.82, 2.24) is 24.5 Å². The van der Waals surface area contributed by atoms with E-state index in [1.807, 2.05) is 0 Å². The number of pyridine rings is 1. The highest BCUT2D eigenvalue weighted by Crippen LogP contribution is 2.31. The topological polar surface area (TPSA) is 123 Å². The number of nitrogen functional groups attached to an aromatic ring is 1. The van der Waals surface area contributed by atoms with Crippen molar-refractivity contribution >= 4 is 17.0 Å². The smallest absolute Gasteiger partial charge is 0.248 e. The summed E-state index contributed by atoms with van der Waals surface area (Å²) in [5, 5.41) is 10.2. The molecule has 3 aromatic heterocycles. The van der Waals surface area contributed by atoms with E-state index in [4.69, 9.17) is 5.73 Å². The van der Waals surface area contributed by atoms with Crippen LogP contribution >= 0.6 is 0 Å². The molecule has 4 N–H and O–H groups in total. The number of fused-ring (bicyclic) bond motifs is 1. The highest BCUT2D eigenvalue weighted by molar-refractivity contribution is 5.87. The van der Waals surface area contributed by atoms with E-state index < -0.39 is 11.4 Å². The lowest BCUT2D eigenvalue weighted by atomic mass is 9.81. The largest absolute Gasteiger partial charge is 0.382 e. The third kappa shape index (κ3) is 3.43. The SMILES string of the molecule is Nc1nc(C#CC2(O)CCC2)nc2c1nc(-c1cccc(F)c1)n2-c1ccc(=O)[nH]c1. The van der Waals surface area contributed by atoms with E-state index in [9.17, 15) is 14.3 Å². The van der Waals surface area contributed by atoms with Crippen molar-refractivity contribution in [2.75, 3.05) is 5.73 Å². The number of aromatic nitrogens is 5. The summed E-state index contributed by atoms with van der Waals surface area (Å²) in [6.45, 7) is 0. The van der Waals surface area contributed by atoms with E-state index in [1.54, 1.807) is 22.8 Å². The van der Waals surface area contributed by atoms with Crippen molar-refractivity contribution < 1.29 is 9.50 Å². The van der Waals surface area contributed by atoms with Crippen LogP contribution in [0.1, 0.15) is 25.1 Å². The second kappa shape index (κ2) is 7.04. The van der Waals surface area contributed by atoms with Gasteiger partial charge in [-0.05, 0) is 43.4 Å². The normalized spacial score (nSPS) is 14.6. The fourth-order valence-electron chi connectivity index (χ4n) is 3.45. The predicted octanol–water partition coefficient (Wildman–Crippen LogP) is 2.16. The number of nitrogens with one attached hydrogen (secondary N) is 1. The Bertz CT molecular complexity index is 1420. The molecule has 0 bridgehead atoms. The summed E-state index contributed by atoms with van der Waals surface area (Å²) in [6, 6.07) is 8.94. The summed E-state index contributed by atoms with van der Waals surface area (Å²) in [5.41, 5.74) is 6.58. The molecule has 31 heavy (non-hydrogen) atoms. The molecule has 154 valence electrons. The molecular formula is C22H17FN6O2. The highest BCUT2D eigenvalue weighted by atomic mass is 19.1. The molecule has 0 unspecified atom stereocenters. The average Bonchev–Trinajstić information content (AvgIpc) is 3.12. The van der Waals surface area contributed by atoms with Crippen molar-refractivity contribution in [2.45, 2.75) is 24.9 Å². The van der Waals surface area contributed by atoms with Gasteiger partial charge in [0.2, 0.25) is 11.4 Å². The van der Waals surface area contributed by atoms with Crippen LogP contribution in [0.5, 0.6) is 0 Å². The summed E-state index contributed by atoms with van der Waals surface area (Å²) in [6.07, 6.45) is 3.64. The van der Waals surface area contributed by atoms with Crippen LogP contribution in [0.15, 0.2) is 47.4 Å². The number of anilines is 1. The van der Waals surface area contributed by atoms with E-state index in [0.29, 0.717) is 41.1 Å². The Kier molecular flexibility index (Phi) is 4.30. The van der Waals surface area contributed by atoms with Gasteiger partial charge < -0.3 is 15.8 Å². The van der Waals surface area contributed by atoms with Gasteiger partial charge in [0.15, 0.2) is 17.0 Å². The number of aliphatic hydroxyl groups is 1. The Balaban J connectivity index is 1.76. The fourth-order valence-corrected chi connectivity index (χ4v) is 3.45. The third-order valence-corrected chi connectivity index (χ3v) is 5.23. The summed E-state index contributed by atoms with van der Waals surface area (Å²) in [7, 11) is 0. The Morgan fingerprint density at radius 1 is 1.19 bits per heavy atom. The van der Waals surface area contributed by atoms with Crippen LogP contribution in [0.4, 0.5) is 10.2 Å². The van der Waals surface area contributed by atoms with Crippen molar-refractivity contribution in [3.8, 4) is 28.9 Å². The van der Waals surface area contributed by atoms with Crippen molar-refractivity contribution in [3.63, 3.8) is 0 Å². The molecule has 1 aliphatic rings. The second-order valence-electron chi connectivity index (χ2n) is 7.43. The molecule has 0 saturated heterocycles. The molecule has 1 saturated carbocycles. The lowest BCUT2D eigenvalue weighted by Crippen LogP contribution is -2.34. The van der Waals surface area contributed by atoms with Crippen LogP contribution in [-0.4, -0.2) is 35.2 Å². The predicted molar refractivity (Wildman–Crippen MR) is 113 cm³/mol. The second-order valence-corrected chi connectivity index (χ2v) is 7.43. The van der Waals surface area contributed by atoms with Gasteiger partial charge in [0, 0.05) is 17.8 Å². The molecule has 0 aliphatic heterocycles. The van der Waals surface area contributed by atoms with E-state index in [2.05, 4.69) is 31.8 Å². The molecule has 0 spiro atoms. The van der Waals surface area contributed by atoms with Crippen molar-refractivity contribution in [2.24, 2.45) is 0 Å². The van der Waals surface area contributed by atoms with Crippen LogP contribution < -0.4 is 11.3 Å². The van der Waals surface area contributed by atoms with Crippen LogP contribution in [0.25, 0.3) is 28.2 Å². The fraction of sp³-hybridized carbons (Fsp3) is 0.182. The Labute approximate surface area is 175 Å². The van der Waals surface area contributed by atoms with Crippen molar-refractivity contribution in [1.29, 1.82) is 0 Å². The number of hydrogen-bond acceptors (Lipinski definition) is 6.